The van der Waals surface area contributed by atoms with E-state index in [0.717, 1.165) is 12.8 Å². The molecule has 0 amide bonds. The Labute approximate surface area is 96.7 Å². The fourth-order valence-electron chi connectivity index (χ4n) is 1.54. The van der Waals surface area contributed by atoms with Crippen LogP contribution in [0.1, 0.15) is 24.4 Å². The molecule has 0 bridgehead atoms. The number of thioether (sulfide) groups is 1. The lowest BCUT2D eigenvalue weighted by molar-refractivity contribution is 0.558. The molecule has 1 atom stereocenters. The van der Waals surface area contributed by atoms with Gasteiger partial charge in [0.1, 0.15) is 0 Å². The highest BCUT2D eigenvalue weighted by Gasteiger charge is 2.07. The lowest BCUT2D eigenvalue weighted by atomic mass is 10.0. The Morgan fingerprint density at radius 1 is 1.40 bits per heavy atom. The van der Waals surface area contributed by atoms with E-state index in [1.165, 1.54) is 10.5 Å². The molecule has 0 aromatic heterocycles. The summed E-state index contributed by atoms with van der Waals surface area (Å²) in [5.74, 6) is 2.68. The van der Waals surface area contributed by atoms with E-state index in [0.29, 0.717) is 6.04 Å². The second-order valence-electron chi connectivity index (χ2n) is 3.36. The van der Waals surface area contributed by atoms with Gasteiger partial charge >= 0.3 is 0 Å². The number of hydrogen-bond acceptors (Lipinski definition) is 2. The predicted octanol–water partition coefficient (Wildman–Crippen LogP) is 3.08. The quantitative estimate of drug-likeness (QED) is 0.603. The zero-order valence-electron chi connectivity index (χ0n) is 9.29. The third kappa shape index (κ3) is 3.62. The van der Waals surface area contributed by atoms with Crippen molar-refractivity contribution in [3.63, 3.8) is 0 Å². The number of benzene rings is 1. The molecule has 0 saturated carbocycles. The van der Waals surface area contributed by atoms with Crippen molar-refractivity contribution in [3.8, 4) is 12.3 Å². The van der Waals surface area contributed by atoms with Crippen LogP contribution in [0, 0.1) is 12.3 Å². The maximum atomic E-state index is 5.27. The van der Waals surface area contributed by atoms with Crippen molar-refractivity contribution in [1.82, 2.24) is 5.32 Å². The zero-order valence-corrected chi connectivity index (χ0v) is 10.1. The molecule has 0 spiro atoms. The SMILES string of the molecule is C#CCCC(NC)c1ccc(SC)cc1. The first-order valence-electron chi connectivity index (χ1n) is 5.06. The fourth-order valence-corrected chi connectivity index (χ4v) is 1.95. The van der Waals surface area contributed by atoms with Gasteiger partial charge in [0, 0.05) is 17.4 Å². The van der Waals surface area contributed by atoms with Gasteiger partial charge in [-0.1, -0.05) is 12.1 Å². The second kappa shape index (κ2) is 6.55. The summed E-state index contributed by atoms with van der Waals surface area (Å²) < 4.78 is 0. The minimum absolute atomic E-state index is 0.372. The highest BCUT2D eigenvalue weighted by Crippen LogP contribution is 2.21. The molecule has 1 rings (SSSR count). The molecule has 0 radical (unpaired) electrons. The molecule has 0 saturated heterocycles. The van der Waals surface area contributed by atoms with E-state index in [1.807, 2.05) is 7.05 Å². The van der Waals surface area contributed by atoms with Gasteiger partial charge in [-0.15, -0.1) is 24.1 Å². The van der Waals surface area contributed by atoms with Crippen molar-refractivity contribution in [2.45, 2.75) is 23.8 Å². The van der Waals surface area contributed by atoms with Crippen molar-refractivity contribution in [3.05, 3.63) is 29.8 Å². The molecule has 1 unspecified atom stereocenters. The lowest BCUT2D eigenvalue weighted by Crippen LogP contribution is -2.15. The van der Waals surface area contributed by atoms with E-state index in [4.69, 9.17) is 6.42 Å². The van der Waals surface area contributed by atoms with E-state index >= 15 is 0 Å². The minimum atomic E-state index is 0.372. The lowest BCUT2D eigenvalue weighted by Gasteiger charge is -2.15. The average Bonchev–Trinajstić information content (AvgIpc) is 2.31. The monoisotopic (exact) mass is 219 g/mol. The molecule has 15 heavy (non-hydrogen) atoms. The summed E-state index contributed by atoms with van der Waals surface area (Å²) in [6, 6.07) is 9.02. The Kier molecular flexibility index (Phi) is 5.31. The van der Waals surface area contributed by atoms with Crippen molar-refractivity contribution in [2.75, 3.05) is 13.3 Å². The maximum absolute atomic E-state index is 5.27. The van der Waals surface area contributed by atoms with Crippen LogP contribution in [-0.2, 0) is 0 Å². The summed E-state index contributed by atoms with van der Waals surface area (Å²) in [4.78, 5) is 1.30. The molecule has 0 aliphatic heterocycles. The van der Waals surface area contributed by atoms with E-state index in [2.05, 4.69) is 41.8 Å². The van der Waals surface area contributed by atoms with Gasteiger partial charge in [-0.05, 0) is 37.4 Å². The van der Waals surface area contributed by atoms with Gasteiger partial charge in [-0.2, -0.15) is 0 Å². The van der Waals surface area contributed by atoms with Crippen LogP contribution in [0.5, 0.6) is 0 Å². The molecule has 2 heteroatoms. The van der Waals surface area contributed by atoms with Gasteiger partial charge in [0.15, 0.2) is 0 Å². The van der Waals surface area contributed by atoms with E-state index in [-0.39, 0.29) is 0 Å². The van der Waals surface area contributed by atoms with Gasteiger partial charge < -0.3 is 5.32 Å². The van der Waals surface area contributed by atoms with Crippen LogP contribution >= 0.6 is 11.8 Å². The number of terminal acetylenes is 1. The molecule has 0 heterocycles. The minimum Gasteiger partial charge on any atom is -0.313 e. The fraction of sp³-hybridized carbons (Fsp3) is 0.385. The highest BCUT2D eigenvalue weighted by atomic mass is 32.2. The Morgan fingerprint density at radius 2 is 2.07 bits per heavy atom. The second-order valence-corrected chi connectivity index (χ2v) is 4.24. The summed E-state index contributed by atoms with van der Waals surface area (Å²) in [7, 11) is 1.98. The number of rotatable bonds is 5. The first kappa shape index (κ1) is 12.2. The molecule has 1 aromatic rings. The number of nitrogens with one attached hydrogen (secondary N) is 1. The van der Waals surface area contributed by atoms with Crippen LogP contribution in [0.25, 0.3) is 0 Å². The van der Waals surface area contributed by atoms with Gasteiger partial charge in [0.2, 0.25) is 0 Å². The third-order valence-corrected chi connectivity index (χ3v) is 3.19. The molecule has 0 aliphatic carbocycles. The van der Waals surface area contributed by atoms with E-state index < -0.39 is 0 Å². The van der Waals surface area contributed by atoms with Crippen LogP contribution in [0.4, 0.5) is 0 Å². The molecular weight excluding hydrogens is 202 g/mol. The van der Waals surface area contributed by atoms with Crippen molar-refractivity contribution in [2.24, 2.45) is 0 Å². The highest BCUT2D eigenvalue weighted by molar-refractivity contribution is 7.98. The maximum Gasteiger partial charge on any atom is 0.0326 e. The summed E-state index contributed by atoms with van der Waals surface area (Å²) in [5, 5.41) is 3.29. The van der Waals surface area contributed by atoms with Crippen LogP contribution < -0.4 is 5.32 Å². The van der Waals surface area contributed by atoms with Crippen molar-refractivity contribution >= 4 is 11.8 Å². The van der Waals surface area contributed by atoms with E-state index in [9.17, 15) is 0 Å². The molecule has 0 aliphatic rings. The van der Waals surface area contributed by atoms with Crippen LogP contribution in [-0.4, -0.2) is 13.3 Å². The Hall–Kier alpha value is -0.910. The van der Waals surface area contributed by atoms with E-state index in [1.54, 1.807) is 11.8 Å². The molecule has 80 valence electrons. The summed E-state index contributed by atoms with van der Waals surface area (Å²) in [6.07, 6.45) is 9.17. The Bertz CT molecular complexity index is 323. The van der Waals surface area contributed by atoms with Crippen LogP contribution in [0.2, 0.25) is 0 Å². The standard InChI is InChI=1S/C13H17NS/c1-4-5-6-13(14-2)11-7-9-12(15-3)10-8-11/h1,7-10,13-14H,5-6H2,2-3H3. The molecule has 1 N–H and O–H groups in total. The first-order valence-corrected chi connectivity index (χ1v) is 6.29. The number of hydrogen-bond donors (Lipinski definition) is 1. The average molecular weight is 219 g/mol. The van der Waals surface area contributed by atoms with Gasteiger partial charge in [-0.25, -0.2) is 0 Å². The molecule has 1 nitrogen and oxygen atoms in total. The van der Waals surface area contributed by atoms with Crippen LogP contribution in [0.15, 0.2) is 29.2 Å². The molecule has 0 fully saturated rings. The first-order chi connectivity index (χ1) is 7.31. The van der Waals surface area contributed by atoms with Crippen LogP contribution in [0.3, 0.4) is 0 Å². The van der Waals surface area contributed by atoms with Crippen molar-refractivity contribution < 1.29 is 0 Å². The molecule has 1 aromatic carbocycles. The smallest absolute Gasteiger partial charge is 0.0326 e. The zero-order chi connectivity index (χ0) is 11.1. The normalized spacial score (nSPS) is 12.1. The third-order valence-electron chi connectivity index (χ3n) is 2.44. The van der Waals surface area contributed by atoms with Crippen molar-refractivity contribution in [1.29, 1.82) is 0 Å². The topological polar surface area (TPSA) is 12.0 Å². The van der Waals surface area contributed by atoms with Gasteiger partial charge in [0.25, 0.3) is 0 Å². The van der Waals surface area contributed by atoms with Gasteiger partial charge in [0.05, 0.1) is 0 Å². The Morgan fingerprint density at radius 3 is 2.53 bits per heavy atom. The largest absolute Gasteiger partial charge is 0.313 e. The summed E-state index contributed by atoms with van der Waals surface area (Å²) >= 11 is 1.76. The summed E-state index contributed by atoms with van der Waals surface area (Å²) in [5.41, 5.74) is 1.31. The molecular formula is C13H17NS. The van der Waals surface area contributed by atoms with Gasteiger partial charge in [-0.3, -0.25) is 0 Å². The summed E-state index contributed by atoms with van der Waals surface area (Å²) in [6.45, 7) is 0. The predicted molar refractivity (Wildman–Crippen MR) is 68.1 cm³/mol. The Balaban J connectivity index is 2.70.